The highest BCUT2D eigenvalue weighted by molar-refractivity contribution is 4.74. The molecule has 3 heteroatoms. The Morgan fingerprint density at radius 2 is 1.89 bits per heavy atom. The van der Waals surface area contributed by atoms with E-state index in [9.17, 15) is 0 Å². The van der Waals surface area contributed by atoms with Crippen molar-refractivity contribution in [1.82, 2.24) is 0 Å². The minimum Gasteiger partial charge on any atom is -0.374 e. The second kappa shape index (κ2) is 2.64. The fraction of sp³-hybridized carbons (Fsp3) is 1.00. The van der Waals surface area contributed by atoms with Crippen LogP contribution in [0.25, 0.3) is 0 Å². The van der Waals surface area contributed by atoms with Crippen LogP contribution in [-0.2, 0) is 14.2 Å². The fourth-order valence-electron chi connectivity index (χ4n) is 0.734. The third-order valence-electron chi connectivity index (χ3n) is 1.47. The molecule has 1 rings (SSSR count). The van der Waals surface area contributed by atoms with Gasteiger partial charge in [-0.05, 0) is 6.92 Å². The van der Waals surface area contributed by atoms with E-state index in [-0.39, 0.29) is 5.60 Å². The maximum Gasteiger partial charge on any atom is 0.147 e. The highest BCUT2D eigenvalue weighted by atomic mass is 16.7. The third kappa shape index (κ3) is 1.64. The smallest absolute Gasteiger partial charge is 0.147 e. The molecule has 0 aromatic carbocycles. The van der Waals surface area contributed by atoms with Crippen molar-refractivity contribution in [3.05, 3.63) is 0 Å². The molecule has 0 radical (unpaired) electrons. The molecular weight excluding hydrogens is 120 g/mol. The highest BCUT2D eigenvalue weighted by Gasteiger charge is 2.27. The van der Waals surface area contributed by atoms with Crippen molar-refractivity contribution in [2.24, 2.45) is 0 Å². The lowest BCUT2D eigenvalue weighted by Crippen LogP contribution is -2.42. The van der Waals surface area contributed by atoms with Gasteiger partial charge in [-0.3, -0.25) is 0 Å². The first-order chi connectivity index (χ1) is 4.27. The lowest BCUT2D eigenvalue weighted by molar-refractivity contribution is -0.202. The van der Waals surface area contributed by atoms with E-state index >= 15 is 0 Å². The van der Waals surface area contributed by atoms with Crippen molar-refractivity contribution in [2.45, 2.75) is 12.5 Å². The zero-order valence-corrected chi connectivity index (χ0v) is 5.85. The highest BCUT2D eigenvalue weighted by Crippen LogP contribution is 2.13. The molecule has 0 aromatic heterocycles. The van der Waals surface area contributed by atoms with Crippen molar-refractivity contribution in [3.63, 3.8) is 0 Å². The molecule has 1 aliphatic rings. The Morgan fingerprint density at radius 1 is 1.33 bits per heavy atom. The van der Waals surface area contributed by atoms with Gasteiger partial charge in [0.25, 0.3) is 0 Å². The van der Waals surface area contributed by atoms with Gasteiger partial charge < -0.3 is 14.2 Å². The van der Waals surface area contributed by atoms with Crippen LogP contribution in [0.5, 0.6) is 0 Å². The number of methoxy groups -OCH3 is 1. The predicted octanol–water partition coefficient (Wildman–Crippen LogP) is 0.396. The van der Waals surface area contributed by atoms with Gasteiger partial charge in [0, 0.05) is 7.11 Å². The maximum atomic E-state index is 5.13. The van der Waals surface area contributed by atoms with Crippen LogP contribution >= 0.6 is 0 Å². The van der Waals surface area contributed by atoms with Gasteiger partial charge in [-0.1, -0.05) is 0 Å². The van der Waals surface area contributed by atoms with Gasteiger partial charge in [-0.15, -0.1) is 0 Å². The van der Waals surface area contributed by atoms with E-state index in [1.165, 1.54) is 0 Å². The third-order valence-corrected chi connectivity index (χ3v) is 1.47. The van der Waals surface area contributed by atoms with Crippen LogP contribution in [0.2, 0.25) is 0 Å². The quantitative estimate of drug-likeness (QED) is 0.516. The molecule has 0 aliphatic carbocycles. The Balaban J connectivity index is 2.37. The molecule has 1 aliphatic heterocycles. The first kappa shape index (κ1) is 6.99. The summed E-state index contributed by atoms with van der Waals surface area (Å²) >= 11 is 0. The van der Waals surface area contributed by atoms with Crippen molar-refractivity contribution in [1.29, 1.82) is 0 Å². The topological polar surface area (TPSA) is 27.7 Å². The van der Waals surface area contributed by atoms with Crippen molar-refractivity contribution < 1.29 is 14.2 Å². The minimum atomic E-state index is -0.224. The first-order valence-corrected chi connectivity index (χ1v) is 2.97. The average Bonchev–Trinajstić information content (AvgIpc) is 1.90. The largest absolute Gasteiger partial charge is 0.374 e. The summed E-state index contributed by atoms with van der Waals surface area (Å²) in [7, 11) is 1.66. The molecule has 0 N–H and O–H groups in total. The summed E-state index contributed by atoms with van der Waals surface area (Å²) in [6.45, 7) is 3.62. The molecule has 0 saturated carbocycles. The van der Waals surface area contributed by atoms with Crippen LogP contribution in [0.3, 0.4) is 0 Å². The van der Waals surface area contributed by atoms with Crippen molar-refractivity contribution in [2.75, 3.05) is 27.1 Å². The summed E-state index contributed by atoms with van der Waals surface area (Å²) in [4.78, 5) is 0. The van der Waals surface area contributed by atoms with Gasteiger partial charge in [0.15, 0.2) is 0 Å². The van der Waals surface area contributed by atoms with Crippen LogP contribution < -0.4 is 0 Å². The Hall–Kier alpha value is -0.120. The first-order valence-electron chi connectivity index (χ1n) is 2.97. The fourth-order valence-corrected chi connectivity index (χ4v) is 0.734. The Labute approximate surface area is 54.9 Å². The molecule has 3 nitrogen and oxygen atoms in total. The molecule has 1 heterocycles. The van der Waals surface area contributed by atoms with Crippen molar-refractivity contribution in [3.8, 4) is 0 Å². The normalized spacial score (nSPS) is 26.0. The molecule has 54 valence electrons. The summed E-state index contributed by atoms with van der Waals surface area (Å²) in [6.07, 6.45) is 0. The van der Waals surface area contributed by atoms with Gasteiger partial charge in [0.1, 0.15) is 12.4 Å². The summed E-state index contributed by atoms with van der Waals surface area (Å²) < 4.78 is 15.2. The van der Waals surface area contributed by atoms with Crippen LogP contribution in [-0.4, -0.2) is 32.7 Å². The van der Waals surface area contributed by atoms with E-state index in [2.05, 4.69) is 0 Å². The summed E-state index contributed by atoms with van der Waals surface area (Å²) in [6, 6.07) is 0. The summed E-state index contributed by atoms with van der Waals surface area (Å²) in [5.41, 5.74) is -0.224. The Kier molecular flexibility index (Phi) is 2.05. The molecule has 0 bridgehead atoms. The summed E-state index contributed by atoms with van der Waals surface area (Å²) in [5.74, 6) is 0. The minimum absolute atomic E-state index is 0.224. The number of hydrogen-bond donors (Lipinski definition) is 0. The SMILES string of the molecule is COC1(C)COCOC1. The van der Waals surface area contributed by atoms with Crippen LogP contribution in [0.4, 0.5) is 0 Å². The molecular formula is C6H12O3. The van der Waals surface area contributed by atoms with Gasteiger partial charge in [0.05, 0.1) is 13.2 Å². The second-order valence-electron chi connectivity index (χ2n) is 2.47. The van der Waals surface area contributed by atoms with Crippen LogP contribution in [0.1, 0.15) is 6.92 Å². The molecule has 0 amide bonds. The van der Waals surface area contributed by atoms with E-state index in [1.54, 1.807) is 7.11 Å². The molecule has 1 saturated heterocycles. The number of hydrogen-bond acceptors (Lipinski definition) is 3. The van der Waals surface area contributed by atoms with Gasteiger partial charge in [-0.2, -0.15) is 0 Å². The monoisotopic (exact) mass is 132 g/mol. The molecule has 1 fully saturated rings. The van der Waals surface area contributed by atoms with Gasteiger partial charge >= 0.3 is 0 Å². The van der Waals surface area contributed by atoms with E-state index in [1.807, 2.05) is 6.92 Å². The lowest BCUT2D eigenvalue weighted by Gasteiger charge is -2.31. The van der Waals surface area contributed by atoms with Gasteiger partial charge in [0.2, 0.25) is 0 Å². The van der Waals surface area contributed by atoms with Gasteiger partial charge in [-0.25, -0.2) is 0 Å². The van der Waals surface area contributed by atoms with E-state index in [4.69, 9.17) is 14.2 Å². The zero-order valence-electron chi connectivity index (χ0n) is 5.85. The molecule has 9 heavy (non-hydrogen) atoms. The van der Waals surface area contributed by atoms with E-state index in [0.717, 1.165) is 0 Å². The number of rotatable bonds is 1. The summed E-state index contributed by atoms with van der Waals surface area (Å²) in [5, 5.41) is 0. The second-order valence-corrected chi connectivity index (χ2v) is 2.47. The Morgan fingerprint density at radius 3 is 2.22 bits per heavy atom. The predicted molar refractivity (Wildman–Crippen MR) is 32.2 cm³/mol. The standard InChI is InChI=1S/C6H12O3/c1-6(7-2)3-8-5-9-4-6/h3-5H2,1-2H3. The average molecular weight is 132 g/mol. The Bertz CT molecular complexity index is 86.3. The lowest BCUT2D eigenvalue weighted by atomic mass is 10.1. The van der Waals surface area contributed by atoms with E-state index in [0.29, 0.717) is 20.0 Å². The molecule has 0 spiro atoms. The van der Waals surface area contributed by atoms with E-state index < -0.39 is 0 Å². The molecule has 0 aromatic rings. The zero-order chi connectivity index (χ0) is 6.74. The maximum absolute atomic E-state index is 5.13. The van der Waals surface area contributed by atoms with Crippen LogP contribution in [0, 0.1) is 0 Å². The molecule has 0 unspecified atom stereocenters. The number of ether oxygens (including phenoxy) is 3. The van der Waals surface area contributed by atoms with Crippen LogP contribution in [0.15, 0.2) is 0 Å². The van der Waals surface area contributed by atoms with Crippen molar-refractivity contribution >= 4 is 0 Å². The molecule has 0 atom stereocenters.